The van der Waals surface area contributed by atoms with Gasteiger partial charge in [-0.3, -0.25) is 13.9 Å². The summed E-state index contributed by atoms with van der Waals surface area (Å²) in [5, 5.41) is 3.87. The molecule has 1 atom stereocenters. The predicted octanol–water partition coefficient (Wildman–Crippen LogP) is 5.02. The molecule has 1 aliphatic carbocycles. The molecule has 3 rings (SSSR count). The zero-order valence-corrected chi connectivity index (χ0v) is 24.3. The molecule has 0 aromatic heterocycles. The van der Waals surface area contributed by atoms with E-state index in [-0.39, 0.29) is 24.2 Å². The first-order valence-electron chi connectivity index (χ1n) is 12.8. The minimum atomic E-state index is -3.88. The number of amides is 2. The molecular formula is C27H35Cl2N3O5S. The number of nitrogens with zero attached hydrogens (tertiary/aromatic N) is 2. The first-order chi connectivity index (χ1) is 18.0. The molecule has 1 saturated carbocycles. The smallest absolute Gasteiger partial charge is 0.244 e. The second kappa shape index (κ2) is 13.5. The van der Waals surface area contributed by atoms with E-state index in [1.165, 1.54) is 4.90 Å². The van der Waals surface area contributed by atoms with Crippen LogP contribution in [0.5, 0.6) is 5.75 Å². The van der Waals surface area contributed by atoms with E-state index in [0.717, 1.165) is 36.2 Å². The topological polar surface area (TPSA) is 96.0 Å². The summed E-state index contributed by atoms with van der Waals surface area (Å²) in [5.74, 6) is -0.467. The number of rotatable bonds is 12. The highest BCUT2D eigenvalue weighted by molar-refractivity contribution is 7.92. The van der Waals surface area contributed by atoms with Gasteiger partial charge in [0.2, 0.25) is 21.8 Å². The standard InChI is InChI=1S/C27H35Cl2N3O5S/c1-4-23(27(34)30-21-10-6-7-11-21)31(17-19-14-15-20(28)16-22(19)29)26(33)18-32(38(3,35)36)24-12-8-9-13-25(24)37-5-2/h8-9,12-16,21,23H,4-7,10-11,17-18H2,1-3H3,(H,30,34)/t23-/m0/s1. The highest BCUT2D eigenvalue weighted by Gasteiger charge is 2.34. The molecule has 0 radical (unpaired) electrons. The Morgan fingerprint density at radius 3 is 2.39 bits per heavy atom. The summed E-state index contributed by atoms with van der Waals surface area (Å²) in [6.45, 7) is 3.43. The lowest BCUT2D eigenvalue weighted by Gasteiger charge is -2.34. The van der Waals surface area contributed by atoms with Gasteiger partial charge in [0, 0.05) is 22.6 Å². The molecule has 1 aliphatic rings. The summed E-state index contributed by atoms with van der Waals surface area (Å²) < 4.78 is 32.4. The number of para-hydroxylation sites is 2. The van der Waals surface area contributed by atoms with Gasteiger partial charge < -0.3 is 15.0 Å². The number of sulfonamides is 1. The Labute approximate surface area is 235 Å². The first kappa shape index (κ1) is 30.1. The number of halogens is 2. The Bertz CT molecular complexity index is 1230. The van der Waals surface area contributed by atoms with Crippen molar-refractivity contribution in [3.05, 3.63) is 58.1 Å². The Balaban J connectivity index is 1.98. The fourth-order valence-electron chi connectivity index (χ4n) is 4.66. The summed E-state index contributed by atoms with van der Waals surface area (Å²) in [4.78, 5) is 28.7. The number of nitrogens with one attached hydrogen (secondary N) is 1. The molecule has 11 heteroatoms. The predicted molar refractivity (Wildman–Crippen MR) is 151 cm³/mol. The van der Waals surface area contributed by atoms with Crippen molar-refractivity contribution in [2.45, 2.75) is 64.6 Å². The van der Waals surface area contributed by atoms with Crippen molar-refractivity contribution in [1.82, 2.24) is 10.2 Å². The summed E-state index contributed by atoms with van der Waals surface area (Å²) in [6.07, 6.45) is 5.27. The van der Waals surface area contributed by atoms with E-state index in [1.54, 1.807) is 49.4 Å². The Morgan fingerprint density at radius 1 is 1.11 bits per heavy atom. The van der Waals surface area contributed by atoms with E-state index in [4.69, 9.17) is 27.9 Å². The molecule has 2 aromatic rings. The minimum absolute atomic E-state index is 0.0101. The molecule has 38 heavy (non-hydrogen) atoms. The molecule has 0 bridgehead atoms. The molecule has 2 aromatic carbocycles. The molecule has 8 nitrogen and oxygen atoms in total. The average Bonchev–Trinajstić information content (AvgIpc) is 3.36. The quantitative estimate of drug-likeness (QED) is 0.378. The van der Waals surface area contributed by atoms with Gasteiger partial charge in [-0.15, -0.1) is 0 Å². The van der Waals surface area contributed by atoms with Crippen LogP contribution in [0.1, 0.15) is 51.5 Å². The van der Waals surface area contributed by atoms with Crippen molar-refractivity contribution in [1.29, 1.82) is 0 Å². The molecule has 0 unspecified atom stereocenters. The van der Waals surface area contributed by atoms with Crippen LogP contribution in [0.25, 0.3) is 0 Å². The van der Waals surface area contributed by atoms with E-state index in [0.29, 0.717) is 34.4 Å². The van der Waals surface area contributed by atoms with Crippen LogP contribution in [-0.4, -0.2) is 56.6 Å². The zero-order chi connectivity index (χ0) is 27.9. The van der Waals surface area contributed by atoms with Crippen molar-refractivity contribution in [2.24, 2.45) is 0 Å². The van der Waals surface area contributed by atoms with Crippen molar-refractivity contribution in [3.8, 4) is 5.75 Å². The zero-order valence-electron chi connectivity index (χ0n) is 22.0. The number of carbonyl (C=O) groups is 2. The molecule has 0 aliphatic heterocycles. The maximum Gasteiger partial charge on any atom is 0.244 e. The summed E-state index contributed by atoms with van der Waals surface area (Å²) in [6, 6.07) is 10.8. The van der Waals surface area contributed by atoms with Crippen LogP contribution in [-0.2, 0) is 26.2 Å². The van der Waals surface area contributed by atoms with Crippen molar-refractivity contribution in [2.75, 3.05) is 23.7 Å². The monoisotopic (exact) mass is 583 g/mol. The maximum atomic E-state index is 13.9. The number of anilines is 1. The third kappa shape index (κ3) is 7.77. The Hall–Kier alpha value is -2.49. The van der Waals surface area contributed by atoms with Gasteiger partial charge in [-0.05, 0) is 56.0 Å². The van der Waals surface area contributed by atoms with Gasteiger partial charge in [0.1, 0.15) is 18.3 Å². The second-order valence-corrected chi connectivity index (χ2v) is 12.1. The molecule has 0 heterocycles. The highest BCUT2D eigenvalue weighted by atomic mass is 35.5. The summed E-state index contributed by atoms with van der Waals surface area (Å²) in [7, 11) is -3.88. The van der Waals surface area contributed by atoms with E-state index in [9.17, 15) is 18.0 Å². The van der Waals surface area contributed by atoms with Gasteiger partial charge >= 0.3 is 0 Å². The van der Waals surface area contributed by atoms with Gasteiger partial charge in [-0.2, -0.15) is 0 Å². The highest BCUT2D eigenvalue weighted by Crippen LogP contribution is 2.31. The lowest BCUT2D eigenvalue weighted by atomic mass is 10.1. The third-order valence-electron chi connectivity index (χ3n) is 6.56. The normalized spacial score (nSPS) is 14.7. The van der Waals surface area contributed by atoms with Gasteiger partial charge in [0.05, 0.1) is 18.6 Å². The van der Waals surface area contributed by atoms with Gasteiger partial charge in [-0.1, -0.05) is 61.2 Å². The Kier molecular flexibility index (Phi) is 10.7. The van der Waals surface area contributed by atoms with E-state index in [2.05, 4.69) is 5.32 Å². The maximum absolute atomic E-state index is 13.9. The van der Waals surface area contributed by atoms with Crippen LogP contribution < -0.4 is 14.4 Å². The van der Waals surface area contributed by atoms with E-state index >= 15 is 0 Å². The van der Waals surface area contributed by atoms with E-state index < -0.39 is 28.5 Å². The van der Waals surface area contributed by atoms with Crippen LogP contribution in [0.3, 0.4) is 0 Å². The fourth-order valence-corrected chi connectivity index (χ4v) is 5.98. The first-order valence-corrected chi connectivity index (χ1v) is 15.4. The molecule has 1 N–H and O–H groups in total. The van der Waals surface area contributed by atoms with Gasteiger partial charge in [0.25, 0.3) is 0 Å². The van der Waals surface area contributed by atoms with Crippen molar-refractivity contribution < 1.29 is 22.7 Å². The number of carbonyl (C=O) groups excluding carboxylic acids is 2. The summed E-state index contributed by atoms with van der Waals surface area (Å²) in [5.41, 5.74) is 0.843. The molecule has 208 valence electrons. The van der Waals surface area contributed by atoms with Crippen LogP contribution in [0.4, 0.5) is 5.69 Å². The van der Waals surface area contributed by atoms with Crippen LogP contribution >= 0.6 is 23.2 Å². The van der Waals surface area contributed by atoms with E-state index in [1.807, 2.05) is 6.92 Å². The molecule has 2 amide bonds. The van der Waals surface area contributed by atoms with Crippen LogP contribution in [0, 0.1) is 0 Å². The average molecular weight is 585 g/mol. The lowest BCUT2D eigenvalue weighted by molar-refractivity contribution is -0.140. The third-order valence-corrected chi connectivity index (χ3v) is 8.27. The SMILES string of the molecule is CCOc1ccccc1N(CC(=O)N(Cc1ccc(Cl)cc1Cl)[C@@H](CC)C(=O)NC1CCCC1)S(C)(=O)=O. The van der Waals surface area contributed by atoms with Crippen LogP contribution in [0.15, 0.2) is 42.5 Å². The fraction of sp³-hybridized carbons (Fsp3) is 0.481. The number of benzene rings is 2. The van der Waals surface area contributed by atoms with Crippen molar-refractivity contribution >= 4 is 50.7 Å². The second-order valence-electron chi connectivity index (χ2n) is 9.34. The molecular weight excluding hydrogens is 549 g/mol. The Morgan fingerprint density at radius 2 is 1.79 bits per heavy atom. The van der Waals surface area contributed by atoms with Crippen molar-refractivity contribution in [3.63, 3.8) is 0 Å². The number of hydrogen-bond donors (Lipinski definition) is 1. The largest absolute Gasteiger partial charge is 0.492 e. The lowest BCUT2D eigenvalue weighted by Crippen LogP contribution is -2.53. The number of ether oxygens (including phenoxy) is 1. The molecule has 1 fully saturated rings. The minimum Gasteiger partial charge on any atom is -0.492 e. The van der Waals surface area contributed by atoms with Gasteiger partial charge in [0.15, 0.2) is 0 Å². The molecule has 0 saturated heterocycles. The summed E-state index contributed by atoms with van der Waals surface area (Å²) >= 11 is 12.5. The van der Waals surface area contributed by atoms with Gasteiger partial charge in [-0.25, -0.2) is 8.42 Å². The van der Waals surface area contributed by atoms with Crippen LogP contribution in [0.2, 0.25) is 10.0 Å². The molecule has 0 spiro atoms. The number of hydrogen-bond acceptors (Lipinski definition) is 5.